The normalized spacial score (nSPS) is 15.3. The number of halogens is 1. The molecule has 1 aliphatic carbocycles. The first-order valence-electron chi connectivity index (χ1n) is 7.04. The quantitative estimate of drug-likeness (QED) is 0.887. The van der Waals surface area contributed by atoms with Gasteiger partial charge in [-0.05, 0) is 44.7 Å². The highest BCUT2D eigenvalue weighted by Crippen LogP contribution is 2.29. The van der Waals surface area contributed by atoms with Gasteiger partial charge in [0.1, 0.15) is 5.01 Å². The van der Waals surface area contributed by atoms with Crippen LogP contribution in [0.5, 0.6) is 0 Å². The number of thiazole rings is 1. The molecule has 6 heteroatoms. The summed E-state index contributed by atoms with van der Waals surface area (Å²) in [5.74, 6) is -0.852. The summed E-state index contributed by atoms with van der Waals surface area (Å²) in [5.41, 5.74) is 1.54. The van der Waals surface area contributed by atoms with Crippen LogP contribution in [0.1, 0.15) is 51.7 Å². The first-order valence-corrected chi connectivity index (χ1v) is 7.86. The van der Waals surface area contributed by atoms with Crippen molar-refractivity contribution in [2.45, 2.75) is 38.6 Å². The number of fused-ring (bicyclic) bond motifs is 1. The standard InChI is InChI=1S/C15H16FN3OS/c1-9(15-19-11-4-2-3-5-12(11)21-15)18-14(20)10-6-7-13(16)17-8-10/h6-9H,2-5H2,1H3,(H,18,20)/t9-/m0/s1. The van der Waals surface area contributed by atoms with Gasteiger partial charge in [-0.2, -0.15) is 4.39 Å². The molecule has 0 unspecified atom stereocenters. The summed E-state index contributed by atoms with van der Waals surface area (Å²) in [5, 5.41) is 3.82. The number of hydrogen-bond acceptors (Lipinski definition) is 4. The minimum atomic E-state index is -0.591. The number of hydrogen-bond donors (Lipinski definition) is 1. The third-order valence-corrected chi connectivity index (χ3v) is 4.91. The number of carbonyl (C=O) groups excluding carboxylic acids is 1. The van der Waals surface area contributed by atoms with E-state index < -0.39 is 5.95 Å². The van der Waals surface area contributed by atoms with Crippen LogP contribution in [0.15, 0.2) is 18.3 Å². The highest BCUT2D eigenvalue weighted by molar-refractivity contribution is 7.11. The Morgan fingerprint density at radius 1 is 1.38 bits per heavy atom. The molecule has 0 spiro atoms. The topological polar surface area (TPSA) is 54.9 Å². The van der Waals surface area contributed by atoms with Crippen LogP contribution in [0.3, 0.4) is 0 Å². The molecule has 0 aromatic carbocycles. The number of carbonyl (C=O) groups is 1. The smallest absolute Gasteiger partial charge is 0.253 e. The number of rotatable bonds is 3. The van der Waals surface area contributed by atoms with Crippen molar-refractivity contribution in [1.29, 1.82) is 0 Å². The van der Waals surface area contributed by atoms with E-state index in [1.807, 2.05) is 6.92 Å². The third-order valence-electron chi connectivity index (χ3n) is 3.57. The van der Waals surface area contributed by atoms with Crippen molar-refractivity contribution in [3.63, 3.8) is 0 Å². The Kier molecular flexibility index (Phi) is 3.96. The van der Waals surface area contributed by atoms with E-state index in [0.717, 1.165) is 17.8 Å². The van der Waals surface area contributed by atoms with Crippen molar-refractivity contribution in [2.75, 3.05) is 0 Å². The maximum absolute atomic E-state index is 12.8. The molecule has 0 fully saturated rings. The highest BCUT2D eigenvalue weighted by atomic mass is 32.1. The summed E-state index contributed by atoms with van der Waals surface area (Å²) in [6, 6.07) is 2.46. The molecule has 1 aliphatic rings. The Morgan fingerprint density at radius 2 is 2.19 bits per heavy atom. The molecule has 4 nitrogen and oxygen atoms in total. The van der Waals surface area contributed by atoms with Crippen molar-refractivity contribution in [3.8, 4) is 0 Å². The largest absolute Gasteiger partial charge is 0.343 e. The Morgan fingerprint density at radius 3 is 2.90 bits per heavy atom. The van der Waals surface area contributed by atoms with Gasteiger partial charge in [-0.1, -0.05) is 0 Å². The zero-order valence-electron chi connectivity index (χ0n) is 11.7. The number of aryl methyl sites for hydroxylation is 2. The SMILES string of the molecule is C[C@H](NC(=O)c1ccc(F)nc1)c1nc2c(s1)CCCC2. The summed E-state index contributed by atoms with van der Waals surface area (Å²) in [7, 11) is 0. The minimum Gasteiger partial charge on any atom is -0.343 e. The fourth-order valence-corrected chi connectivity index (χ4v) is 3.56. The van der Waals surface area contributed by atoms with Gasteiger partial charge in [0.15, 0.2) is 0 Å². The van der Waals surface area contributed by atoms with Crippen molar-refractivity contribution in [3.05, 3.63) is 45.4 Å². The fraction of sp³-hybridized carbons (Fsp3) is 0.400. The lowest BCUT2D eigenvalue weighted by molar-refractivity contribution is 0.0939. The van der Waals surface area contributed by atoms with E-state index in [0.29, 0.717) is 5.56 Å². The first-order chi connectivity index (χ1) is 10.1. The molecule has 1 N–H and O–H groups in total. The maximum atomic E-state index is 12.8. The minimum absolute atomic E-state index is 0.154. The molecule has 2 heterocycles. The molecule has 0 saturated carbocycles. The Bertz CT molecular complexity index is 630. The second-order valence-electron chi connectivity index (χ2n) is 5.19. The van der Waals surface area contributed by atoms with E-state index in [9.17, 15) is 9.18 Å². The van der Waals surface area contributed by atoms with Gasteiger partial charge in [0.2, 0.25) is 5.95 Å². The average molecular weight is 305 g/mol. The van der Waals surface area contributed by atoms with Crippen molar-refractivity contribution in [1.82, 2.24) is 15.3 Å². The Labute approximate surface area is 126 Å². The van der Waals surface area contributed by atoms with Crippen LogP contribution in [0.25, 0.3) is 0 Å². The summed E-state index contributed by atoms with van der Waals surface area (Å²) in [6.07, 6.45) is 5.78. The number of nitrogens with one attached hydrogen (secondary N) is 1. The predicted octanol–water partition coefficient (Wildman–Crippen LogP) is 3.05. The van der Waals surface area contributed by atoms with E-state index >= 15 is 0 Å². The maximum Gasteiger partial charge on any atom is 0.253 e. The van der Waals surface area contributed by atoms with Crippen LogP contribution >= 0.6 is 11.3 Å². The van der Waals surface area contributed by atoms with E-state index in [2.05, 4.69) is 15.3 Å². The third kappa shape index (κ3) is 3.10. The highest BCUT2D eigenvalue weighted by Gasteiger charge is 2.20. The summed E-state index contributed by atoms with van der Waals surface area (Å²) in [6.45, 7) is 1.92. The van der Waals surface area contributed by atoms with Crippen LogP contribution in [0.2, 0.25) is 0 Å². The lowest BCUT2D eigenvalue weighted by Crippen LogP contribution is -2.26. The van der Waals surface area contributed by atoms with Crippen LogP contribution in [-0.2, 0) is 12.8 Å². The monoisotopic (exact) mass is 305 g/mol. The molecular weight excluding hydrogens is 289 g/mol. The second-order valence-corrected chi connectivity index (χ2v) is 6.31. The van der Waals surface area contributed by atoms with Crippen molar-refractivity contribution >= 4 is 17.2 Å². The molecule has 2 aromatic heterocycles. The number of nitrogens with zero attached hydrogens (tertiary/aromatic N) is 2. The number of pyridine rings is 1. The molecule has 21 heavy (non-hydrogen) atoms. The first kappa shape index (κ1) is 14.1. The van der Waals surface area contributed by atoms with Crippen LogP contribution in [-0.4, -0.2) is 15.9 Å². The van der Waals surface area contributed by atoms with E-state index in [-0.39, 0.29) is 11.9 Å². The second kappa shape index (κ2) is 5.89. The molecular formula is C15H16FN3OS. The molecule has 0 radical (unpaired) electrons. The van der Waals surface area contributed by atoms with Gasteiger partial charge >= 0.3 is 0 Å². The summed E-state index contributed by atoms with van der Waals surface area (Å²) in [4.78, 5) is 21.6. The zero-order chi connectivity index (χ0) is 14.8. The lowest BCUT2D eigenvalue weighted by atomic mass is 10.0. The van der Waals surface area contributed by atoms with E-state index in [4.69, 9.17) is 0 Å². The van der Waals surface area contributed by atoms with Gasteiger partial charge < -0.3 is 5.32 Å². The number of amides is 1. The van der Waals surface area contributed by atoms with Gasteiger partial charge in [-0.25, -0.2) is 9.97 Å². The Hall–Kier alpha value is -1.82. The molecule has 1 atom stereocenters. The molecule has 1 amide bonds. The zero-order valence-corrected chi connectivity index (χ0v) is 12.5. The van der Waals surface area contributed by atoms with Crippen molar-refractivity contribution in [2.24, 2.45) is 0 Å². The van der Waals surface area contributed by atoms with Crippen LogP contribution < -0.4 is 5.32 Å². The molecule has 0 bridgehead atoms. The number of aromatic nitrogens is 2. The van der Waals surface area contributed by atoms with E-state index in [1.165, 1.54) is 41.7 Å². The van der Waals surface area contributed by atoms with Crippen LogP contribution in [0, 0.1) is 5.95 Å². The van der Waals surface area contributed by atoms with E-state index in [1.54, 1.807) is 11.3 Å². The van der Waals surface area contributed by atoms with Crippen molar-refractivity contribution < 1.29 is 9.18 Å². The van der Waals surface area contributed by atoms with Gasteiger partial charge in [-0.15, -0.1) is 11.3 Å². The molecule has 110 valence electrons. The lowest BCUT2D eigenvalue weighted by Gasteiger charge is -2.10. The molecule has 2 aromatic rings. The Balaban J connectivity index is 1.70. The average Bonchev–Trinajstić information content (AvgIpc) is 2.92. The fourth-order valence-electron chi connectivity index (χ4n) is 2.41. The van der Waals surface area contributed by atoms with Gasteiger partial charge in [0, 0.05) is 11.1 Å². The molecule has 0 aliphatic heterocycles. The summed E-state index contributed by atoms with van der Waals surface area (Å²) < 4.78 is 12.8. The van der Waals surface area contributed by atoms with Crippen LogP contribution in [0.4, 0.5) is 4.39 Å². The molecule has 0 saturated heterocycles. The van der Waals surface area contributed by atoms with Gasteiger partial charge in [0.25, 0.3) is 5.91 Å². The van der Waals surface area contributed by atoms with Gasteiger partial charge in [-0.3, -0.25) is 4.79 Å². The predicted molar refractivity (Wildman–Crippen MR) is 78.8 cm³/mol. The summed E-state index contributed by atoms with van der Waals surface area (Å²) >= 11 is 1.68. The molecule has 3 rings (SSSR count). The van der Waals surface area contributed by atoms with Gasteiger partial charge in [0.05, 0.1) is 17.3 Å².